The van der Waals surface area contributed by atoms with Crippen LogP contribution in [0.2, 0.25) is 0 Å². The van der Waals surface area contributed by atoms with Crippen molar-refractivity contribution in [2.24, 2.45) is 0 Å². The van der Waals surface area contributed by atoms with Crippen molar-refractivity contribution in [2.45, 2.75) is 12.5 Å². The summed E-state index contributed by atoms with van der Waals surface area (Å²) in [4.78, 5) is 0. The quantitative estimate of drug-likeness (QED) is 0.510. The molecular weight excluding hydrogens is 106 g/mol. The molecular formula is C3H6F2O2. The Morgan fingerprint density at radius 1 is 1.43 bits per heavy atom. The number of hydrogen-bond acceptors (Lipinski definition) is 2. The van der Waals surface area contributed by atoms with Gasteiger partial charge in [0.1, 0.15) is 6.10 Å². The highest BCUT2D eigenvalue weighted by atomic mass is 19.3. The molecule has 0 aliphatic carbocycles. The standard InChI is InChI=1S/C3H6F2O2/c4-3(5)2(7)1-6/h2-3,6-7H,1H2. The molecule has 0 saturated carbocycles. The molecule has 0 spiro atoms. The zero-order valence-electron chi connectivity index (χ0n) is 3.51. The van der Waals surface area contributed by atoms with E-state index in [-0.39, 0.29) is 0 Å². The van der Waals surface area contributed by atoms with Gasteiger partial charge in [-0.05, 0) is 0 Å². The van der Waals surface area contributed by atoms with Crippen molar-refractivity contribution in [3.63, 3.8) is 0 Å². The minimum Gasteiger partial charge on any atom is -0.393 e. The van der Waals surface area contributed by atoms with Crippen molar-refractivity contribution in [2.75, 3.05) is 6.61 Å². The van der Waals surface area contributed by atoms with Crippen LogP contribution >= 0.6 is 0 Å². The fourth-order valence-electron chi connectivity index (χ4n) is 0.0797. The van der Waals surface area contributed by atoms with Gasteiger partial charge in [0.2, 0.25) is 0 Å². The molecule has 0 aliphatic heterocycles. The van der Waals surface area contributed by atoms with Crippen LogP contribution in [0.5, 0.6) is 0 Å². The van der Waals surface area contributed by atoms with Crippen molar-refractivity contribution >= 4 is 0 Å². The van der Waals surface area contributed by atoms with E-state index in [1.165, 1.54) is 0 Å². The van der Waals surface area contributed by atoms with Gasteiger partial charge in [0.05, 0.1) is 6.61 Å². The molecule has 4 heteroatoms. The lowest BCUT2D eigenvalue weighted by molar-refractivity contribution is -0.0339. The van der Waals surface area contributed by atoms with Crippen LogP contribution in [0.25, 0.3) is 0 Å². The van der Waals surface area contributed by atoms with E-state index < -0.39 is 19.1 Å². The van der Waals surface area contributed by atoms with Gasteiger partial charge >= 0.3 is 0 Å². The first-order valence-electron chi connectivity index (χ1n) is 1.75. The van der Waals surface area contributed by atoms with Crippen molar-refractivity contribution in [3.8, 4) is 0 Å². The fourth-order valence-corrected chi connectivity index (χ4v) is 0.0797. The van der Waals surface area contributed by atoms with E-state index in [1.54, 1.807) is 0 Å². The summed E-state index contributed by atoms with van der Waals surface area (Å²) < 4.78 is 22.0. The molecule has 2 nitrogen and oxygen atoms in total. The minimum atomic E-state index is -2.83. The Labute approximate surface area is 39.4 Å². The van der Waals surface area contributed by atoms with Gasteiger partial charge in [-0.3, -0.25) is 0 Å². The average Bonchev–Trinajstić information content (AvgIpc) is 1.65. The van der Waals surface area contributed by atoms with E-state index in [0.29, 0.717) is 0 Å². The van der Waals surface area contributed by atoms with Crippen LogP contribution in [-0.4, -0.2) is 29.3 Å². The number of hydrogen-bond donors (Lipinski definition) is 2. The molecule has 1 unspecified atom stereocenters. The monoisotopic (exact) mass is 112 g/mol. The third-order valence-corrected chi connectivity index (χ3v) is 0.478. The van der Waals surface area contributed by atoms with Crippen molar-refractivity contribution in [1.82, 2.24) is 0 Å². The molecule has 0 aromatic rings. The van der Waals surface area contributed by atoms with Gasteiger partial charge in [0.15, 0.2) is 0 Å². The van der Waals surface area contributed by atoms with Crippen LogP contribution in [0.1, 0.15) is 0 Å². The molecule has 0 aromatic heterocycles. The van der Waals surface area contributed by atoms with E-state index in [9.17, 15) is 8.78 Å². The van der Waals surface area contributed by atoms with Crippen LogP contribution in [0, 0.1) is 0 Å². The topological polar surface area (TPSA) is 40.5 Å². The van der Waals surface area contributed by atoms with Gasteiger partial charge in [-0.1, -0.05) is 0 Å². The fraction of sp³-hybridized carbons (Fsp3) is 1.00. The Kier molecular flexibility index (Phi) is 2.78. The minimum absolute atomic E-state index is 0.877. The number of rotatable bonds is 2. The van der Waals surface area contributed by atoms with Crippen LogP contribution < -0.4 is 0 Å². The molecule has 0 aliphatic rings. The third-order valence-electron chi connectivity index (χ3n) is 0.478. The second kappa shape index (κ2) is 2.87. The molecule has 0 aromatic carbocycles. The third kappa shape index (κ3) is 2.47. The summed E-state index contributed by atoms with van der Waals surface area (Å²) in [6.45, 7) is -0.877. The summed E-state index contributed by atoms with van der Waals surface area (Å²) in [5.41, 5.74) is 0. The van der Waals surface area contributed by atoms with Gasteiger partial charge in [-0.15, -0.1) is 0 Å². The summed E-state index contributed by atoms with van der Waals surface area (Å²) in [7, 11) is 0. The second-order valence-corrected chi connectivity index (χ2v) is 1.08. The first-order valence-corrected chi connectivity index (χ1v) is 1.75. The van der Waals surface area contributed by atoms with Crippen molar-refractivity contribution < 1.29 is 19.0 Å². The molecule has 0 heterocycles. The molecule has 0 saturated heterocycles. The van der Waals surface area contributed by atoms with E-state index >= 15 is 0 Å². The summed E-state index contributed by atoms with van der Waals surface area (Å²) in [5, 5.41) is 15.7. The Bertz CT molecular complexity index is 48.2. The highest BCUT2D eigenvalue weighted by molar-refractivity contribution is 4.51. The number of aliphatic hydroxyl groups is 2. The van der Waals surface area contributed by atoms with E-state index in [1.807, 2.05) is 0 Å². The van der Waals surface area contributed by atoms with Gasteiger partial charge in [0.25, 0.3) is 6.43 Å². The molecule has 1 atom stereocenters. The highest BCUT2D eigenvalue weighted by Crippen LogP contribution is 1.97. The molecule has 0 amide bonds. The molecule has 44 valence electrons. The Morgan fingerprint density at radius 3 is 1.86 bits per heavy atom. The van der Waals surface area contributed by atoms with E-state index in [2.05, 4.69) is 0 Å². The zero-order valence-corrected chi connectivity index (χ0v) is 3.51. The molecule has 7 heavy (non-hydrogen) atoms. The van der Waals surface area contributed by atoms with Crippen molar-refractivity contribution in [3.05, 3.63) is 0 Å². The zero-order chi connectivity index (χ0) is 5.86. The maximum atomic E-state index is 11.0. The molecule has 2 N–H and O–H groups in total. The maximum Gasteiger partial charge on any atom is 0.266 e. The van der Waals surface area contributed by atoms with Gasteiger partial charge in [-0.2, -0.15) is 0 Å². The normalized spacial score (nSPS) is 15.0. The number of alkyl halides is 2. The summed E-state index contributed by atoms with van der Waals surface area (Å²) in [6, 6.07) is 0. The molecule has 0 radical (unpaired) electrons. The molecule has 0 fully saturated rings. The predicted molar refractivity (Wildman–Crippen MR) is 19.1 cm³/mol. The van der Waals surface area contributed by atoms with Gasteiger partial charge < -0.3 is 10.2 Å². The van der Waals surface area contributed by atoms with Crippen LogP contribution in [0.15, 0.2) is 0 Å². The maximum absolute atomic E-state index is 11.0. The Hall–Kier alpha value is -0.220. The van der Waals surface area contributed by atoms with Crippen molar-refractivity contribution in [1.29, 1.82) is 0 Å². The van der Waals surface area contributed by atoms with E-state index in [4.69, 9.17) is 10.2 Å². The van der Waals surface area contributed by atoms with Crippen LogP contribution in [-0.2, 0) is 0 Å². The molecule has 0 bridgehead atoms. The largest absolute Gasteiger partial charge is 0.393 e. The van der Waals surface area contributed by atoms with Crippen LogP contribution in [0.3, 0.4) is 0 Å². The van der Waals surface area contributed by atoms with Crippen LogP contribution in [0.4, 0.5) is 8.78 Å². The Morgan fingerprint density at radius 2 is 1.86 bits per heavy atom. The summed E-state index contributed by atoms with van der Waals surface area (Å²) >= 11 is 0. The Balaban J connectivity index is 3.14. The number of aliphatic hydroxyl groups excluding tert-OH is 2. The van der Waals surface area contributed by atoms with Gasteiger partial charge in [-0.25, -0.2) is 8.78 Å². The lowest BCUT2D eigenvalue weighted by Crippen LogP contribution is -2.21. The lowest BCUT2D eigenvalue weighted by Gasteiger charge is -2.01. The summed E-state index contributed by atoms with van der Waals surface area (Å²) in [5.74, 6) is 0. The lowest BCUT2D eigenvalue weighted by atomic mass is 10.4. The predicted octanol–water partition coefficient (Wildman–Crippen LogP) is -0.395. The number of halogens is 2. The first-order chi connectivity index (χ1) is 3.18. The first kappa shape index (κ1) is 6.78. The SMILES string of the molecule is OCC(O)C(F)F. The molecule has 0 rings (SSSR count). The van der Waals surface area contributed by atoms with Gasteiger partial charge in [0, 0.05) is 0 Å². The highest BCUT2D eigenvalue weighted by Gasteiger charge is 2.13. The average molecular weight is 112 g/mol. The second-order valence-electron chi connectivity index (χ2n) is 1.08. The smallest absolute Gasteiger partial charge is 0.266 e. The summed E-state index contributed by atoms with van der Waals surface area (Å²) in [6.07, 6.45) is -4.70. The van der Waals surface area contributed by atoms with E-state index in [0.717, 1.165) is 0 Å².